The molecule has 2 aromatic carbocycles. The highest BCUT2D eigenvalue weighted by molar-refractivity contribution is 6.31. The standard InChI is InChI=1S/C22H19ClF4N2O4/c1-11(28-19(31)21(7-8-21)29-20(32)22(25,26)27)14-5-3-12(9-17(14)24)16-10-13(23)4-6-15(16)18(30)33-2/h3-6,9-11H,7-8H2,1-2H3,(H,28,31)(H,29,32)/t11-/m1/s1. The van der Waals surface area contributed by atoms with Crippen molar-refractivity contribution in [1.29, 1.82) is 0 Å². The summed E-state index contributed by atoms with van der Waals surface area (Å²) in [5.74, 6) is -4.40. The Kier molecular flexibility index (Phi) is 6.69. The van der Waals surface area contributed by atoms with E-state index in [9.17, 15) is 31.9 Å². The Morgan fingerprint density at radius 1 is 1.12 bits per heavy atom. The number of ether oxygens (including phenoxy) is 1. The number of hydrogen-bond acceptors (Lipinski definition) is 4. The lowest BCUT2D eigenvalue weighted by molar-refractivity contribution is -0.175. The van der Waals surface area contributed by atoms with Crippen LogP contribution in [0.4, 0.5) is 17.6 Å². The lowest BCUT2D eigenvalue weighted by Gasteiger charge is -2.22. The lowest BCUT2D eigenvalue weighted by atomic mass is 9.96. The molecule has 11 heteroatoms. The molecule has 0 aliphatic heterocycles. The zero-order valence-corrected chi connectivity index (χ0v) is 18.2. The van der Waals surface area contributed by atoms with Crippen LogP contribution in [-0.2, 0) is 14.3 Å². The Morgan fingerprint density at radius 3 is 2.33 bits per heavy atom. The van der Waals surface area contributed by atoms with E-state index in [2.05, 4.69) is 5.32 Å². The summed E-state index contributed by atoms with van der Waals surface area (Å²) in [6.45, 7) is 1.46. The van der Waals surface area contributed by atoms with Crippen LogP contribution in [0.25, 0.3) is 11.1 Å². The summed E-state index contributed by atoms with van der Waals surface area (Å²) in [7, 11) is 1.21. The molecule has 1 atom stereocenters. The molecule has 2 aromatic rings. The molecule has 2 N–H and O–H groups in total. The number of rotatable bonds is 6. The first kappa shape index (κ1) is 24.5. The van der Waals surface area contributed by atoms with Crippen LogP contribution in [0.2, 0.25) is 5.02 Å². The topological polar surface area (TPSA) is 84.5 Å². The zero-order valence-electron chi connectivity index (χ0n) is 17.5. The molecule has 0 radical (unpaired) electrons. The second kappa shape index (κ2) is 9.01. The predicted octanol–water partition coefficient (Wildman–Crippen LogP) is 4.32. The number of halogens is 5. The third kappa shape index (κ3) is 5.27. The highest BCUT2D eigenvalue weighted by Gasteiger charge is 2.55. The van der Waals surface area contributed by atoms with Crippen LogP contribution >= 0.6 is 11.6 Å². The first-order valence-corrected chi connectivity index (χ1v) is 10.1. The van der Waals surface area contributed by atoms with Crippen molar-refractivity contribution >= 4 is 29.4 Å². The third-order valence-electron chi connectivity index (χ3n) is 5.31. The molecule has 1 aliphatic rings. The Bertz CT molecular complexity index is 1120. The number of methoxy groups -OCH3 is 1. The summed E-state index contributed by atoms with van der Waals surface area (Å²) in [5, 5.41) is 4.48. The highest BCUT2D eigenvalue weighted by atomic mass is 35.5. The zero-order chi connectivity index (χ0) is 24.6. The van der Waals surface area contributed by atoms with Crippen LogP contribution in [0, 0.1) is 5.82 Å². The molecule has 0 aromatic heterocycles. The molecular formula is C22H19ClF4N2O4. The maximum absolute atomic E-state index is 14.9. The number of benzene rings is 2. The minimum atomic E-state index is -5.12. The second-order valence-electron chi connectivity index (χ2n) is 7.65. The molecule has 0 saturated heterocycles. The third-order valence-corrected chi connectivity index (χ3v) is 5.54. The quantitative estimate of drug-likeness (QED) is 0.470. The van der Waals surface area contributed by atoms with Gasteiger partial charge in [0.1, 0.15) is 11.4 Å². The molecule has 0 bridgehead atoms. The molecule has 6 nitrogen and oxygen atoms in total. The van der Waals surface area contributed by atoms with Gasteiger partial charge in [0.25, 0.3) is 0 Å². The summed E-state index contributed by atoms with van der Waals surface area (Å²) in [5.41, 5.74) is -0.761. The van der Waals surface area contributed by atoms with Gasteiger partial charge in [-0.2, -0.15) is 13.2 Å². The number of esters is 1. The van der Waals surface area contributed by atoms with E-state index in [1.54, 1.807) is 5.32 Å². The minimum absolute atomic E-state index is 0.0415. The van der Waals surface area contributed by atoms with Gasteiger partial charge in [0.15, 0.2) is 0 Å². The fourth-order valence-corrected chi connectivity index (χ4v) is 3.50. The monoisotopic (exact) mass is 486 g/mol. The van der Waals surface area contributed by atoms with Crippen LogP contribution in [0.15, 0.2) is 36.4 Å². The van der Waals surface area contributed by atoms with Gasteiger partial charge in [-0.05, 0) is 55.2 Å². The number of carbonyl (C=O) groups is 3. The molecule has 33 heavy (non-hydrogen) atoms. The fourth-order valence-electron chi connectivity index (χ4n) is 3.32. The Hall–Kier alpha value is -3.14. The average molecular weight is 487 g/mol. The predicted molar refractivity (Wildman–Crippen MR) is 111 cm³/mol. The van der Waals surface area contributed by atoms with Gasteiger partial charge < -0.3 is 15.4 Å². The first-order valence-electron chi connectivity index (χ1n) is 9.76. The molecule has 2 amide bonds. The van der Waals surface area contributed by atoms with E-state index in [0.29, 0.717) is 16.1 Å². The Labute approximate surface area is 191 Å². The van der Waals surface area contributed by atoms with E-state index in [-0.39, 0.29) is 24.0 Å². The van der Waals surface area contributed by atoms with Gasteiger partial charge in [-0.15, -0.1) is 0 Å². The van der Waals surface area contributed by atoms with Crippen LogP contribution in [0.3, 0.4) is 0 Å². The Morgan fingerprint density at radius 2 is 1.79 bits per heavy atom. The van der Waals surface area contributed by atoms with Gasteiger partial charge in [0, 0.05) is 10.6 Å². The summed E-state index contributed by atoms with van der Waals surface area (Å²) < 4.78 is 57.2. The Balaban J connectivity index is 1.80. The SMILES string of the molecule is COC(=O)c1ccc(Cl)cc1-c1ccc([C@@H](C)NC(=O)C2(NC(=O)C(F)(F)F)CC2)c(F)c1. The molecule has 176 valence electrons. The van der Waals surface area contributed by atoms with Gasteiger partial charge in [-0.3, -0.25) is 9.59 Å². The molecule has 0 unspecified atom stereocenters. The molecular weight excluding hydrogens is 468 g/mol. The first-order chi connectivity index (χ1) is 15.4. The van der Waals surface area contributed by atoms with E-state index in [0.717, 1.165) is 6.07 Å². The number of carbonyl (C=O) groups excluding carboxylic acids is 3. The second-order valence-corrected chi connectivity index (χ2v) is 8.08. The van der Waals surface area contributed by atoms with Gasteiger partial charge in [0.05, 0.1) is 18.7 Å². The van der Waals surface area contributed by atoms with Crippen LogP contribution in [0.1, 0.15) is 41.7 Å². The van der Waals surface area contributed by atoms with E-state index < -0.39 is 41.4 Å². The molecule has 1 fully saturated rings. The van der Waals surface area contributed by atoms with Crippen molar-refractivity contribution in [2.45, 2.75) is 37.5 Å². The summed E-state index contributed by atoms with van der Waals surface area (Å²) >= 11 is 6.01. The maximum Gasteiger partial charge on any atom is 0.471 e. The van der Waals surface area contributed by atoms with Gasteiger partial charge in [-0.1, -0.05) is 23.7 Å². The summed E-state index contributed by atoms with van der Waals surface area (Å²) in [6.07, 6.45) is -5.04. The van der Waals surface area contributed by atoms with Crippen molar-refractivity contribution in [1.82, 2.24) is 10.6 Å². The van der Waals surface area contributed by atoms with Crippen molar-refractivity contribution in [2.24, 2.45) is 0 Å². The molecule has 1 aliphatic carbocycles. The maximum atomic E-state index is 14.9. The van der Waals surface area contributed by atoms with Gasteiger partial charge in [0.2, 0.25) is 5.91 Å². The smallest absolute Gasteiger partial charge is 0.465 e. The number of alkyl halides is 3. The minimum Gasteiger partial charge on any atom is -0.465 e. The normalized spacial score (nSPS) is 15.4. The van der Waals surface area contributed by atoms with E-state index in [1.165, 1.54) is 44.4 Å². The highest BCUT2D eigenvalue weighted by Crippen LogP contribution is 2.37. The molecule has 0 heterocycles. The van der Waals surface area contributed by atoms with E-state index in [1.807, 2.05) is 0 Å². The van der Waals surface area contributed by atoms with Crippen LogP contribution in [0.5, 0.6) is 0 Å². The van der Waals surface area contributed by atoms with Crippen molar-refractivity contribution in [2.75, 3.05) is 7.11 Å². The molecule has 1 saturated carbocycles. The van der Waals surface area contributed by atoms with Crippen molar-refractivity contribution in [3.8, 4) is 11.1 Å². The van der Waals surface area contributed by atoms with Gasteiger partial charge in [-0.25, -0.2) is 9.18 Å². The average Bonchev–Trinajstić information content (AvgIpc) is 3.53. The number of amides is 2. The fraction of sp³-hybridized carbons (Fsp3) is 0.318. The van der Waals surface area contributed by atoms with E-state index >= 15 is 0 Å². The largest absolute Gasteiger partial charge is 0.471 e. The lowest BCUT2D eigenvalue weighted by Crippen LogP contribution is -2.53. The van der Waals surface area contributed by atoms with Crippen LogP contribution in [-0.4, -0.2) is 36.6 Å². The van der Waals surface area contributed by atoms with Gasteiger partial charge >= 0.3 is 18.1 Å². The van der Waals surface area contributed by atoms with Crippen molar-refractivity contribution < 1.29 is 36.7 Å². The number of nitrogens with one attached hydrogen (secondary N) is 2. The summed E-state index contributed by atoms with van der Waals surface area (Å²) in [6, 6.07) is 7.55. The molecule has 3 rings (SSSR count). The van der Waals surface area contributed by atoms with Crippen molar-refractivity contribution in [3.63, 3.8) is 0 Å². The number of hydrogen-bond donors (Lipinski definition) is 2. The van der Waals surface area contributed by atoms with E-state index in [4.69, 9.17) is 16.3 Å². The van der Waals surface area contributed by atoms with Crippen LogP contribution < -0.4 is 10.6 Å². The molecule has 0 spiro atoms. The van der Waals surface area contributed by atoms with Crippen molar-refractivity contribution in [3.05, 3.63) is 58.4 Å². The summed E-state index contributed by atoms with van der Waals surface area (Å²) in [4.78, 5) is 35.7.